The molecule has 0 amide bonds. The van der Waals surface area contributed by atoms with Crippen LogP contribution in [-0.4, -0.2) is 20.8 Å². The van der Waals surface area contributed by atoms with Crippen molar-refractivity contribution in [2.24, 2.45) is 0 Å². The van der Waals surface area contributed by atoms with Crippen molar-refractivity contribution in [3.05, 3.63) is 23.8 Å². The third-order valence-electron chi connectivity index (χ3n) is 4.32. The molecule has 1 atom stereocenters. The number of ether oxygens (including phenoxy) is 2. The third-order valence-corrected chi connectivity index (χ3v) is 4.32. The van der Waals surface area contributed by atoms with Crippen LogP contribution in [0.5, 0.6) is 11.5 Å². The van der Waals surface area contributed by atoms with Gasteiger partial charge >= 0.3 is 0 Å². The molecule has 1 aromatic carbocycles. The van der Waals surface area contributed by atoms with Crippen LogP contribution >= 0.6 is 0 Å². The summed E-state index contributed by atoms with van der Waals surface area (Å²) in [6, 6.07) is 6.27. The molecule has 20 heavy (non-hydrogen) atoms. The molecular weight excluding hydrogens is 250 g/mol. The van der Waals surface area contributed by atoms with Crippen LogP contribution in [0.3, 0.4) is 0 Å². The molecule has 0 saturated carbocycles. The molecule has 1 aliphatic heterocycles. The first kappa shape index (κ1) is 15.2. The number of benzene rings is 1. The van der Waals surface area contributed by atoms with Crippen LogP contribution in [0.4, 0.5) is 0 Å². The van der Waals surface area contributed by atoms with Gasteiger partial charge in [-0.15, -0.1) is 0 Å². The molecule has 1 saturated heterocycles. The van der Waals surface area contributed by atoms with Crippen molar-refractivity contribution < 1.29 is 9.47 Å². The Hall–Kier alpha value is -1.22. The topological polar surface area (TPSA) is 30.5 Å². The maximum atomic E-state index is 5.43. The Morgan fingerprint density at radius 1 is 1.05 bits per heavy atom. The van der Waals surface area contributed by atoms with Gasteiger partial charge in [0.05, 0.1) is 14.2 Å². The second-order valence-electron chi connectivity index (χ2n) is 5.67. The zero-order chi connectivity index (χ0) is 14.4. The Morgan fingerprint density at radius 3 is 2.35 bits per heavy atom. The van der Waals surface area contributed by atoms with Crippen LogP contribution in [0.15, 0.2) is 18.2 Å². The largest absolute Gasteiger partial charge is 0.497 e. The predicted molar refractivity (Wildman–Crippen MR) is 82.6 cm³/mol. The summed E-state index contributed by atoms with van der Waals surface area (Å²) in [5.74, 6) is 1.75. The molecule has 0 bridgehead atoms. The SMILES string of the molecule is CCCC1(c2cc(OC)cc(OC)c2)CCCCCN1. The summed E-state index contributed by atoms with van der Waals surface area (Å²) in [6.45, 7) is 3.35. The molecule has 2 rings (SSSR count). The molecule has 0 spiro atoms. The van der Waals surface area contributed by atoms with Gasteiger partial charge < -0.3 is 14.8 Å². The smallest absolute Gasteiger partial charge is 0.122 e. The van der Waals surface area contributed by atoms with Crippen molar-refractivity contribution in [3.63, 3.8) is 0 Å². The molecular formula is C17H27NO2. The van der Waals surface area contributed by atoms with E-state index in [0.29, 0.717) is 0 Å². The summed E-state index contributed by atoms with van der Waals surface area (Å²) < 4.78 is 10.9. The normalized spacial score (nSPS) is 23.1. The molecule has 1 N–H and O–H groups in total. The summed E-state index contributed by atoms with van der Waals surface area (Å²) in [4.78, 5) is 0. The molecule has 3 heteroatoms. The molecule has 0 aliphatic carbocycles. The summed E-state index contributed by atoms with van der Waals surface area (Å²) in [5, 5.41) is 3.80. The first-order chi connectivity index (χ1) is 9.74. The van der Waals surface area contributed by atoms with Crippen LogP contribution in [0.25, 0.3) is 0 Å². The van der Waals surface area contributed by atoms with Gasteiger partial charge in [-0.1, -0.05) is 26.2 Å². The fourth-order valence-electron chi connectivity index (χ4n) is 3.26. The van der Waals surface area contributed by atoms with Crippen LogP contribution in [-0.2, 0) is 5.54 Å². The van der Waals surface area contributed by atoms with Crippen molar-refractivity contribution in [2.45, 2.75) is 51.0 Å². The fourth-order valence-corrected chi connectivity index (χ4v) is 3.26. The Balaban J connectivity index is 2.41. The van der Waals surface area contributed by atoms with Gasteiger partial charge in [0.2, 0.25) is 0 Å². The van der Waals surface area contributed by atoms with Gasteiger partial charge in [0.25, 0.3) is 0 Å². The maximum absolute atomic E-state index is 5.43. The number of methoxy groups -OCH3 is 2. The lowest BCUT2D eigenvalue weighted by molar-refractivity contribution is 0.293. The molecule has 1 fully saturated rings. The average molecular weight is 277 g/mol. The van der Waals surface area contributed by atoms with E-state index >= 15 is 0 Å². The van der Waals surface area contributed by atoms with E-state index < -0.39 is 0 Å². The first-order valence-electron chi connectivity index (χ1n) is 7.72. The van der Waals surface area contributed by atoms with Crippen molar-refractivity contribution >= 4 is 0 Å². The van der Waals surface area contributed by atoms with E-state index in [0.717, 1.165) is 24.5 Å². The highest BCUT2D eigenvalue weighted by molar-refractivity contribution is 5.42. The van der Waals surface area contributed by atoms with E-state index in [-0.39, 0.29) is 5.54 Å². The lowest BCUT2D eigenvalue weighted by Crippen LogP contribution is -2.41. The molecule has 1 aromatic rings. The van der Waals surface area contributed by atoms with Crippen LogP contribution in [0, 0.1) is 0 Å². The van der Waals surface area contributed by atoms with Gasteiger partial charge in [-0.3, -0.25) is 0 Å². The van der Waals surface area contributed by atoms with Gasteiger partial charge in [-0.25, -0.2) is 0 Å². The molecule has 0 radical (unpaired) electrons. The van der Waals surface area contributed by atoms with E-state index in [1.807, 2.05) is 6.07 Å². The fraction of sp³-hybridized carbons (Fsp3) is 0.647. The monoisotopic (exact) mass is 277 g/mol. The van der Waals surface area contributed by atoms with Gasteiger partial charge in [-0.2, -0.15) is 0 Å². The zero-order valence-corrected chi connectivity index (χ0v) is 13.0. The van der Waals surface area contributed by atoms with Gasteiger partial charge in [-0.05, 0) is 43.5 Å². The number of hydrogen-bond acceptors (Lipinski definition) is 3. The highest BCUT2D eigenvalue weighted by atomic mass is 16.5. The quantitative estimate of drug-likeness (QED) is 0.886. The van der Waals surface area contributed by atoms with E-state index in [1.165, 1.54) is 37.7 Å². The van der Waals surface area contributed by atoms with E-state index in [9.17, 15) is 0 Å². The van der Waals surface area contributed by atoms with Crippen molar-refractivity contribution in [1.29, 1.82) is 0 Å². The Morgan fingerprint density at radius 2 is 1.75 bits per heavy atom. The lowest BCUT2D eigenvalue weighted by atomic mass is 9.81. The molecule has 1 heterocycles. The summed E-state index contributed by atoms with van der Waals surface area (Å²) >= 11 is 0. The highest BCUT2D eigenvalue weighted by Crippen LogP contribution is 2.37. The minimum atomic E-state index is 0.0765. The second-order valence-corrected chi connectivity index (χ2v) is 5.67. The number of hydrogen-bond donors (Lipinski definition) is 1. The molecule has 112 valence electrons. The molecule has 0 aromatic heterocycles. The predicted octanol–water partition coefficient (Wildman–Crippen LogP) is 3.86. The Labute approximate surface area is 122 Å². The highest BCUT2D eigenvalue weighted by Gasteiger charge is 2.32. The minimum Gasteiger partial charge on any atom is -0.497 e. The summed E-state index contributed by atoms with van der Waals surface area (Å²) in [7, 11) is 3.43. The van der Waals surface area contributed by atoms with Gasteiger partial charge in [0.1, 0.15) is 11.5 Å². The first-order valence-corrected chi connectivity index (χ1v) is 7.72. The zero-order valence-electron chi connectivity index (χ0n) is 13.0. The van der Waals surface area contributed by atoms with E-state index in [4.69, 9.17) is 9.47 Å². The summed E-state index contributed by atoms with van der Waals surface area (Å²) in [6.07, 6.45) is 7.39. The van der Waals surface area contributed by atoms with E-state index in [1.54, 1.807) is 14.2 Å². The molecule has 1 aliphatic rings. The van der Waals surface area contributed by atoms with E-state index in [2.05, 4.69) is 24.4 Å². The third kappa shape index (κ3) is 3.26. The number of rotatable bonds is 5. The molecule has 1 unspecified atom stereocenters. The van der Waals surface area contributed by atoms with Gasteiger partial charge in [0.15, 0.2) is 0 Å². The maximum Gasteiger partial charge on any atom is 0.122 e. The van der Waals surface area contributed by atoms with Crippen LogP contribution in [0.1, 0.15) is 51.0 Å². The van der Waals surface area contributed by atoms with Gasteiger partial charge in [0, 0.05) is 11.6 Å². The minimum absolute atomic E-state index is 0.0765. The van der Waals surface area contributed by atoms with Crippen molar-refractivity contribution in [3.8, 4) is 11.5 Å². The molecule has 3 nitrogen and oxygen atoms in total. The van der Waals surface area contributed by atoms with Crippen molar-refractivity contribution in [2.75, 3.05) is 20.8 Å². The van der Waals surface area contributed by atoms with Crippen LogP contribution < -0.4 is 14.8 Å². The Bertz CT molecular complexity index is 401. The second kappa shape index (κ2) is 6.98. The Kier molecular flexibility index (Phi) is 5.30. The van der Waals surface area contributed by atoms with Crippen LogP contribution in [0.2, 0.25) is 0 Å². The van der Waals surface area contributed by atoms with Crippen molar-refractivity contribution in [1.82, 2.24) is 5.32 Å². The average Bonchev–Trinajstić information content (AvgIpc) is 2.73. The summed E-state index contributed by atoms with van der Waals surface area (Å²) in [5.41, 5.74) is 1.38. The standard InChI is InChI=1S/C17H27NO2/c1-4-8-17(9-6-5-7-10-18-17)14-11-15(19-2)13-16(12-14)20-3/h11-13,18H,4-10H2,1-3H3. The number of nitrogens with one attached hydrogen (secondary N) is 1. The lowest BCUT2D eigenvalue weighted by Gasteiger charge is -2.35.